The maximum absolute atomic E-state index is 12.5. The van der Waals surface area contributed by atoms with Gasteiger partial charge < -0.3 is 9.72 Å². The third kappa shape index (κ3) is 1.66. The Balaban J connectivity index is 3.39. The van der Waals surface area contributed by atoms with Crippen molar-refractivity contribution in [3.63, 3.8) is 0 Å². The van der Waals surface area contributed by atoms with Crippen molar-refractivity contribution in [1.82, 2.24) is 4.98 Å². The SMILES string of the molecule is COc1c(C(F)F)[nH]cc(F)c1=O. The van der Waals surface area contributed by atoms with Crippen molar-refractivity contribution in [2.75, 3.05) is 7.11 Å². The number of ether oxygens (including phenoxy) is 1. The van der Waals surface area contributed by atoms with Crippen molar-refractivity contribution in [1.29, 1.82) is 0 Å². The van der Waals surface area contributed by atoms with E-state index in [1.165, 1.54) is 0 Å². The second-order valence-corrected chi connectivity index (χ2v) is 2.21. The fourth-order valence-corrected chi connectivity index (χ4v) is 0.868. The lowest BCUT2D eigenvalue weighted by atomic mass is 10.3. The topological polar surface area (TPSA) is 42.1 Å². The number of rotatable bonds is 2. The zero-order chi connectivity index (χ0) is 10.0. The molecule has 3 nitrogen and oxygen atoms in total. The van der Waals surface area contributed by atoms with E-state index in [0.29, 0.717) is 6.20 Å². The summed E-state index contributed by atoms with van der Waals surface area (Å²) in [5.41, 5.74) is -1.88. The average molecular weight is 193 g/mol. The lowest BCUT2D eigenvalue weighted by molar-refractivity contribution is 0.141. The van der Waals surface area contributed by atoms with E-state index in [9.17, 15) is 18.0 Å². The standard InChI is InChI=1S/C7H6F3NO2/c1-13-6-4(7(9)10)11-2-3(8)5(6)12/h2,7H,1H3,(H,11,12). The molecule has 72 valence electrons. The first-order valence-electron chi connectivity index (χ1n) is 3.31. The number of aromatic amines is 1. The molecule has 13 heavy (non-hydrogen) atoms. The molecule has 1 rings (SSSR count). The van der Waals surface area contributed by atoms with Crippen LogP contribution in [0.2, 0.25) is 0 Å². The van der Waals surface area contributed by atoms with Gasteiger partial charge in [0.1, 0.15) is 5.69 Å². The number of hydrogen-bond acceptors (Lipinski definition) is 2. The van der Waals surface area contributed by atoms with Gasteiger partial charge in [-0.3, -0.25) is 4.79 Å². The van der Waals surface area contributed by atoms with Crippen LogP contribution in [0.15, 0.2) is 11.0 Å². The zero-order valence-electron chi connectivity index (χ0n) is 6.61. The van der Waals surface area contributed by atoms with Gasteiger partial charge >= 0.3 is 0 Å². The highest BCUT2D eigenvalue weighted by molar-refractivity contribution is 5.28. The number of methoxy groups -OCH3 is 1. The summed E-state index contributed by atoms with van der Waals surface area (Å²) >= 11 is 0. The molecule has 0 amide bonds. The highest BCUT2D eigenvalue weighted by Crippen LogP contribution is 2.23. The Kier molecular flexibility index (Phi) is 2.60. The van der Waals surface area contributed by atoms with Gasteiger partial charge in [0.15, 0.2) is 11.6 Å². The van der Waals surface area contributed by atoms with Gasteiger partial charge in [-0.05, 0) is 0 Å². The largest absolute Gasteiger partial charge is 0.491 e. The second-order valence-electron chi connectivity index (χ2n) is 2.21. The third-order valence-electron chi connectivity index (χ3n) is 1.44. The van der Waals surface area contributed by atoms with Gasteiger partial charge in [-0.25, -0.2) is 13.2 Å². The molecule has 0 aliphatic heterocycles. The maximum atomic E-state index is 12.5. The van der Waals surface area contributed by atoms with Crippen LogP contribution >= 0.6 is 0 Å². The summed E-state index contributed by atoms with van der Waals surface area (Å²) in [6.07, 6.45) is -2.32. The molecule has 1 N–H and O–H groups in total. The molecule has 0 radical (unpaired) electrons. The number of halogens is 3. The van der Waals surface area contributed by atoms with Crippen LogP contribution in [0.5, 0.6) is 5.75 Å². The average Bonchev–Trinajstić information content (AvgIpc) is 2.09. The van der Waals surface area contributed by atoms with Crippen LogP contribution in [0.4, 0.5) is 13.2 Å². The van der Waals surface area contributed by atoms with E-state index >= 15 is 0 Å². The molecule has 0 aliphatic rings. The maximum Gasteiger partial charge on any atom is 0.282 e. The highest BCUT2D eigenvalue weighted by Gasteiger charge is 2.19. The summed E-state index contributed by atoms with van der Waals surface area (Å²) in [7, 11) is 1.02. The van der Waals surface area contributed by atoms with Crippen molar-refractivity contribution < 1.29 is 17.9 Å². The van der Waals surface area contributed by atoms with Gasteiger partial charge in [-0.1, -0.05) is 0 Å². The van der Waals surface area contributed by atoms with Crippen LogP contribution in [0.1, 0.15) is 12.1 Å². The van der Waals surface area contributed by atoms with E-state index in [2.05, 4.69) is 4.74 Å². The minimum absolute atomic E-state index is 0.576. The van der Waals surface area contributed by atoms with Gasteiger partial charge in [-0.2, -0.15) is 0 Å². The molecule has 0 saturated carbocycles. The normalized spacial score (nSPS) is 10.5. The molecular weight excluding hydrogens is 187 g/mol. The van der Waals surface area contributed by atoms with Gasteiger partial charge in [0.05, 0.1) is 7.11 Å². The van der Waals surface area contributed by atoms with Crippen LogP contribution in [0.3, 0.4) is 0 Å². The molecule has 1 heterocycles. The van der Waals surface area contributed by atoms with Crippen molar-refractivity contribution in [2.24, 2.45) is 0 Å². The van der Waals surface area contributed by atoms with Gasteiger partial charge in [-0.15, -0.1) is 0 Å². The smallest absolute Gasteiger partial charge is 0.282 e. The van der Waals surface area contributed by atoms with Crippen molar-refractivity contribution >= 4 is 0 Å². The number of pyridine rings is 1. The van der Waals surface area contributed by atoms with Gasteiger partial charge in [0, 0.05) is 6.20 Å². The second kappa shape index (κ2) is 3.51. The molecule has 0 spiro atoms. The molecular formula is C7H6F3NO2. The Hall–Kier alpha value is -1.46. The first-order chi connectivity index (χ1) is 6.07. The predicted molar refractivity (Wildman–Crippen MR) is 38.5 cm³/mol. The van der Waals surface area contributed by atoms with Crippen LogP contribution in [-0.2, 0) is 0 Å². The Labute approximate surface area is 71.2 Å². The first-order valence-corrected chi connectivity index (χ1v) is 3.31. The fourth-order valence-electron chi connectivity index (χ4n) is 0.868. The lowest BCUT2D eigenvalue weighted by Gasteiger charge is -2.05. The quantitative estimate of drug-likeness (QED) is 0.772. The molecule has 1 aromatic heterocycles. The number of H-pyrrole nitrogens is 1. The van der Waals surface area contributed by atoms with Crippen LogP contribution < -0.4 is 10.2 Å². The molecule has 0 aliphatic carbocycles. The summed E-state index contributed by atoms with van der Waals surface area (Å²) in [6.45, 7) is 0. The molecule has 0 atom stereocenters. The predicted octanol–water partition coefficient (Wildman–Crippen LogP) is 1.46. The number of nitrogens with one attached hydrogen (secondary N) is 1. The van der Waals surface area contributed by atoms with Crippen molar-refractivity contribution in [2.45, 2.75) is 6.43 Å². The molecule has 1 aromatic rings. The monoisotopic (exact) mass is 193 g/mol. The van der Waals surface area contributed by atoms with Gasteiger partial charge in [0.25, 0.3) is 11.9 Å². The van der Waals surface area contributed by atoms with E-state index in [1.54, 1.807) is 0 Å². The summed E-state index contributed by atoms with van der Waals surface area (Å²) < 4.78 is 41.2. The van der Waals surface area contributed by atoms with Gasteiger partial charge in [0.2, 0.25) is 0 Å². The fraction of sp³-hybridized carbons (Fsp3) is 0.286. The number of hydrogen-bond donors (Lipinski definition) is 1. The Morgan fingerprint density at radius 2 is 2.15 bits per heavy atom. The Morgan fingerprint density at radius 3 is 2.62 bits per heavy atom. The van der Waals surface area contributed by atoms with Crippen LogP contribution in [-0.4, -0.2) is 12.1 Å². The molecule has 0 fully saturated rings. The summed E-state index contributed by atoms with van der Waals surface area (Å²) in [6, 6.07) is 0. The number of aromatic nitrogens is 1. The van der Waals surface area contributed by atoms with E-state index < -0.39 is 29.1 Å². The summed E-state index contributed by atoms with van der Waals surface area (Å²) in [4.78, 5) is 12.8. The summed E-state index contributed by atoms with van der Waals surface area (Å²) in [5.74, 6) is -1.84. The number of alkyl halides is 2. The Morgan fingerprint density at radius 1 is 1.54 bits per heavy atom. The van der Waals surface area contributed by atoms with Crippen LogP contribution in [0, 0.1) is 5.82 Å². The van der Waals surface area contributed by atoms with Crippen molar-refractivity contribution in [3.05, 3.63) is 27.9 Å². The molecule has 0 bridgehead atoms. The van der Waals surface area contributed by atoms with E-state index in [4.69, 9.17) is 0 Å². The molecule has 0 saturated heterocycles. The molecule has 6 heteroatoms. The molecule has 0 unspecified atom stereocenters. The Bertz CT molecular complexity index is 361. The highest BCUT2D eigenvalue weighted by atomic mass is 19.3. The van der Waals surface area contributed by atoms with Crippen LogP contribution in [0.25, 0.3) is 0 Å². The lowest BCUT2D eigenvalue weighted by Crippen LogP contribution is -2.13. The minimum Gasteiger partial charge on any atom is -0.491 e. The zero-order valence-corrected chi connectivity index (χ0v) is 6.61. The third-order valence-corrected chi connectivity index (χ3v) is 1.44. The first kappa shape index (κ1) is 9.63. The minimum atomic E-state index is -2.90. The van der Waals surface area contributed by atoms with E-state index in [1.807, 2.05) is 4.98 Å². The summed E-state index contributed by atoms with van der Waals surface area (Å²) in [5, 5.41) is 0. The van der Waals surface area contributed by atoms with Crippen molar-refractivity contribution in [3.8, 4) is 5.75 Å². The molecule has 0 aromatic carbocycles. The van der Waals surface area contributed by atoms with E-state index in [0.717, 1.165) is 7.11 Å². The van der Waals surface area contributed by atoms with E-state index in [-0.39, 0.29) is 0 Å².